The molecule has 21 aliphatic heterocycles. The highest BCUT2D eigenvalue weighted by atomic mass is 16.8. The smallest absolute Gasteiger partial charge is 0.189 e. The van der Waals surface area contributed by atoms with Crippen molar-refractivity contribution in [2.24, 2.45) is 0 Å². The minimum absolute atomic E-state index is 1.50. The molecule has 0 aromatic carbocycles. The van der Waals surface area contributed by atoms with Crippen molar-refractivity contribution >= 4 is 0 Å². The van der Waals surface area contributed by atoms with Gasteiger partial charge in [-0.15, -0.1) is 0 Å². The Balaban J connectivity index is 0.00000174. The molecule has 430 valence electrons. The van der Waals surface area contributed by atoms with E-state index in [-0.39, 0.29) is 0 Å². The number of aliphatic hydroxyl groups is 21. The third-order valence-corrected chi connectivity index (χ3v) is 13.7. The van der Waals surface area contributed by atoms with Gasteiger partial charge in [-0.1, -0.05) is 25.7 Å². The summed E-state index contributed by atoms with van der Waals surface area (Å²) in [5, 5.41) is 228. The fourth-order valence-electron chi connectivity index (χ4n) is 8.89. The zero-order chi connectivity index (χ0) is 53.9. The van der Waals surface area contributed by atoms with E-state index in [9.17, 15) is 107 Å². The largest absolute Gasteiger partial charge is 0.387 e. The summed E-state index contributed by atoms with van der Waals surface area (Å²) in [6, 6.07) is 0. The van der Waals surface area contributed by atoms with Crippen LogP contribution in [0.5, 0.6) is 0 Å². The second-order valence-corrected chi connectivity index (χ2v) is 18.8. The van der Waals surface area contributed by atoms with Crippen LogP contribution in [0.15, 0.2) is 0 Å². The highest BCUT2D eigenvalue weighted by molar-refractivity contribution is 4.97. The SMILES string of the molecule is C1CCC1.OC1OC2OC3C(O)OC(OC4C(O)OC(OC5C(O)OC(OC6C(O)OC(OC7C(O)OC(OC8C(O)OC(OC1C(O)C2O)C(O)C8O)C(O)C7O)C(O)C6O)C(O)C5O)C(O)C4O)C(O)C3O. The van der Waals surface area contributed by atoms with E-state index in [4.69, 9.17) is 66.3 Å². The van der Waals surface area contributed by atoms with Crippen molar-refractivity contribution in [1.82, 2.24) is 0 Å². The Morgan fingerprint density at radius 2 is 0.257 bits per heavy atom. The van der Waals surface area contributed by atoms with Gasteiger partial charge in [0.2, 0.25) is 0 Å². The Bertz CT molecular complexity index is 1440. The highest BCUT2D eigenvalue weighted by Crippen LogP contribution is 2.37. The molecule has 22 fully saturated rings. The van der Waals surface area contributed by atoms with Crippen molar-refractivity contribution in [2.45, 2.75) is 242 Å². The van der Waals surface area contributed by atoms with Crippen LogP contribution in [0, 0.1) is 0 Å². The lowest BCUT2D eigenvalue weighted by molar-refractivity contribution is -0.431. The van der Waals surface area contributed by atoms with Gasteiger partial charge in [0.25, 0.3) is 0 Å². The fraction of sp³-hybridized carbons (Fsp3) is 1.00. The minimum atomic E-state index is -2.38. The minimum Gasteiger partial charge on any atom is -0.387 e. The first kappa shape index (κ1) is 58.7. The Morgan fingerprint density at radius 3 is 0.351 bits per heavy atom. The van der Waals surface area contributed by atoms with Gasteiger partial charge in [-0.25, -0.2) is 0 Å². The van der Waals surface area contributed by atoms with Gasteiger partial charge in [-0.3, -0.25) is 0 Å². The molecule has 35 unspecified atom stereocenters. The Labute approximate surface area is 415 Å². The molecule has 0 aromatic rings. The van der Waals surface area contributed by atoms with Gasteiger partial charge >= 0.3 is 0 Å². The van der Waals surface area contributed by atoms with Crippen molar-refractivity contribution in [2.75, 3.05) is 0 Å². The van der Waals surface area contributed by atoms with Crippen LogP contribution in [0.25, 0.3) is 0 Å². The molecule has 0 radical (unpaired) electrons. The summed E-state index contributed by atoms with van der Waals surface area (Å²) < 4.78 is 73.3. The van der Waals surface area contributed by atoms with Gasteiger partial charge in [0, 0.05) is 0 Å². The van der Waals surface area contributed by atoms with E-state index >= 15 is 0 Å². The first-order valence-electron chi connectivity index (χ1n) is 23.4. The molecule has 1 aliphatic carbocycles. The van der Waals surface area contributed by atoms with Gasteiger partial charge in [-0.05, 0) is 0 Å². The van der Waals surface area contributed by atoms with Gasteiger partial charge < -0.3 is 174 Å². The number of aliphatic hydroxyl groups excluding tert-OH is 21. The zero-order valence-electron chi connectivity index (χ0n) is 38.1. The fourth-order valence-corrected chi connectivity index (χ4v) is 8.89. The summed E-state index contributed by atoms with van der Waals surface area (Å²) in [6.45, 7) is 0. The molecular weight excluding hydrogens is 1030 g/mol. The van der Waals surface area contributed by atoms with Crippen LogP contribution >= 0.6 is 0 Å². The zero-order valence-corrected chi connectivity index (χ0v) is 38.1. The van der Waals surface area contributed by atoms with Gasteiger partial charge in [0.05, 0.1) is 0 Å². The first-order valence-corrected chi connectivity index (χ1v) is 23.4. The van der Waals surface area contributed by atoms with E-state index in [0.717, 1.165) is 0 Å². The van der Waals surface area contributed by atoms with E-state index < -0.39 is 216 Å². The van der Waals surface area contributed by atoms with Crippen LogP contribution in [-0.2, 0) is 66.3 Å². The molecule has 0 amide bonds. The second kappa shape index (κ2) is 24.1. The summed E-state index contributed by atoms with van der Waals surface area (Å²) in [6.07, 6.45) is -73.5. The monoisotopic (exact) mass is 1090 g/mol. The van der Waals surface area contributed by atoms with Crippen molar-refractivity contribution in [3.63, 3.8) is 0 Å². The number of rotatable bonds is 0. The van der Waals surface area contributed by atoms with Crippen LogP contribution < -0.4 is 0 Å². The molecule has 74 heavy (non-hydrogen) atoms. The summed E-state index contributed by atoms with van der Waals surface area (Å²) in [4.78, 5) is 0. The molecule has 0 aromatic heterocycles. The predicted octanol–water partition coefficient (Wildman–Crippen LogP) is -14.0. The number of ether oxygens (including phenoxy) is 14. The highest BCUT2D eigenvalue weighted by Gasteiger charge is 2.59. The van der Waals surface area contributed by atoms with E-state index in [1.54, 1.807) is 0 Å². The van der Waals surface area contributed by atoms with Crippen LogP contribution in [-0.4, -0.2) is 323 Å². The number of hydrogen-bond acceptors (Lipinski definition) is 35. The molecule has 21 heterocycles. The van der Waals surface area contributed by atoms with Crippen molar-refractivity contribution in [3.05, 3.63) is 0 Å². The summed E-state index contributed by atoms with van der Waals surface area (Å²) in [5.41, 5.74) is 0. The lowest BCUT2D eigenvalue weighted by Crippen LogP contribution is -2.67. The van der Waals surface area contributed by atoms with Crippen LogP contribution in [0.3, 0.4) is 0 Å². The summed E-state index contributed by atoms with van der Waals surface area (Å²) >= 11 is 0. The molecule has 22 aliphatic rings. The molecule has 35 nitrogen and oxygen atoms in total. The third-order valence-electron chi connectivity index (χ3n) is 13.7. The van der Waals surface area contributed by atoms with Crippen LogP contribution in [0.4, 0.5) is 0 Å². The Kier molecular flexibility index (Phi) is 19.2. The third kappa shape index (κ3) is 11.8. The standard InChI is InChI=1S/C35H56O35.C4H8/c36-1-8(43)29-58-16-3(38)10(45)31(66-23(16)51)60-18-5(40)12(47)33(68-25(18)53)62-20-7(42)14(49)35(70-27(20)55)63-21-6(41)13(48)34(69-28(21)56)61-19-4(39)11(46)32(67-26(19)54)59-17-2(37)9(44)30(65-24(17)52)57-15(1)22(50)64-29;1-2-4-3-1/h1-56H;1-4H2. The lowest BCUT2D eigenvalue weighted by atomic mass is 10.00. The van der Waals surface area contributed by atoms with E-state index in [0.29, 0.717) is 0 Å². The van der Waals surface area contributed by atoms with Gasteiger partial charge in [0.15, 0.2) is 88.1 Å². The maximum Gasteiger partial charge on any atom is 0.189 e. The average molecular weight is 1090 g/mol. The molecular formula is C39H64O35. The summed E-state index contributed by atoms with van der Waals surface area (Å²) in [5.74, 6) is 0. The second-order valence-electron chi connectivity index (χ2n) is 18.8. The van der Waals surface area contributed by atoms with Crippen molar-refractivity contribution < 1.29 is 174 Å². The van der Waals surface area contributed by atoms with E-state index in [1.807, 2.05) is 0 Å². The maximum atomic E-state index is 10.9. The predicted molar refractivity (Wildman–Crippen MR) is 213 cm³/mol. The maximum absolute atomic E-state index is 10.9. The number of hydrogen-bond donors (Lipinski definition) is 21. The van der Waals surface area contributed by atoms with Gasteiger partial charge in [0.1, 0.15) is 128 Å². The normalized spacial score (nSPS) is 57.8. The van der Waals surface area contributed by atoms with E-state index in [1.165, 1.54) is 25.7 Å². The van der Waals surface area contributed by atoms with E-state index in [2.05, 4.69) is 0 Å². The van der Waals surface area contributed by atoms with Crippen molar-refractivity contribution in [3.8, 4) is 0 Å². The molecule has 21 N–H and O–H groups in total. The molecule has 21 saturated heterocycles. The molecule has 14 bridgehead atoms. The average Bonchev–Trinajstić information content (AvgIpc) is 3.33. The van der Waals surface area contributed by atoms with Gasteiger partial charge in [-0.2, -0.15) is 0 Å². The van der Waals surface area contributed by atoms with Crippen LogP contribution in [0.2, 0.25) is 0 Å². The summed E-state index contributed by atoms with van der Waals surface area (Å²) in [7, 11) is 0. The Hall–Kier alpha value is -1.40. The Morgan fingerprint density at radius 1 is 0.149 bits per heavy atom. The van der Waals surface area contributed by atoms with Crippen LogP contribution in [0.1, 0.15) is 25.7 Å². The quantitative estimate of drug-likeness (QED) is 0.107. The molecule has 35 heteroatoms. The lowest BCUT2D eigenvalue weighted by Gasteiger charge is -2.48. The first-order chi connectivity index (χ1) is 34.9. The topological polar surface area (TPSA) is 554 Å². The molecule has 35 atom stereocenters. The molecule has 22 rings (SSSR count). The molecule has 1 saturated carbocycles. The molecule has 0 spiro atoms. The van der Waals surface area contributed by atoms with Crippen molar-refractivity contribution in [1.29, 1.82) is 0 Å².